The molecule has 2 heterocycles. The highest BCUT2D eigenvalue weighted by Gasteiger charge is 2.19. The van der Waals surface area contributed by atoms with Crippen molar-refractivity contribution in [3.8, 4) is 5.69 Å². The summed E-state index contributed by atoms with van der Waals surface area (Å²) in [7, 11) is 0. The lowest BCUT2D eigenvalue weighted by Crippen LogP contribution is -2.23. The van der Waals surface area contributed by atoms with Crippen LogP contribution in [0.15, 0.2) is 76.7 Å². The van der Waals surface area contributed by atoms with Crippen LogP contribution in [0.2, 0.25) is 0 Å². The predicted molar refractivity (Wildman–Crippen MR) is 139 cm³/mol. The van der Waals surface area contributed by atoms with Gasteiger partial charge in [0.05, 0.1) is 11.4 Å². The Morgan fingerprint density at radius 1 is 1.03 bits per heavy atom. The van der Waals surface area contributed by atoms with E-state index in [1.807, 2.05) is 87.5 Å². The minimum absolute atomic E-state index is 0.124. The summed E-state index contributed by atoms with van der Waals surface area (Å²) < 4.78 is 1.62. The highest BCUT2D eigenvalue weighted by molar-refractivity contribution is 7.99. The number of thioether (sulfide) groups is 1. The summed E-state index contributed by atoms with van der Waals surface area (Å²) in [6, 6.07) is 21.2. The van der Waals surface area contributed by atoms with Gasteiger partial charge in [-0.3, -0.25) is 14.2 Å². The number of H-pyrrole nitrogens is 1. The van der Waals surface area contributed by atoms with Crippen LogP contribution in [0, 0.1) is 20.8 Å². The molecule has 7 heteroatoms. The second-order valence-corrected chi connectivity index (χ2v) is 9.30. The van der Waals surface area contributed by atoms with Gasteiger partial charge in [-0.2, -0.15) is 0 Å². The summed E-state index contributed by atoms with van der Waals surface area (Å²) in [4.78, 5) is 34.6. The number of para-hydroxylation sites is 1. The molecular weight excluding hydrogens is 444 g/mol. The quantitative estimate of drug-likeness (QED) is 0.263. The molecule has 1 amide bonds. The zero-order valence-electron chi connectivity index (χ0n) is 19.2. The van der Waals surface area contributed by atoms with E-state index < -0.39 is 0 Å². The molecule has 0 saturated carbocycles. The third-order valence-corrected chi connectivity index (χ3v) is 6.88. The van der Waals surface area contributed by atoms with E-state index in [4.69, 9.17) is 4.98 Å². The van der Waals surface area contributed by atoms with Crippen LogP contribution >= 0.6 is 11.8 Å². The van der Waals surface area contributed by atoms with E-state index in [2.05, 4.69) is 10.3 Å². The van der Waals surface area contributed by atoms with Gasteiger partial charge in [0.2, 0.25) is 5.91 Å². The smallest absolute Gasteiger partial charge is 0.283 e. The van der Waals surface area contributed by atoms with Gasteiger partial charge in [0.15, 0.2) is 5.16 Å². The monoisotopic (exact) mass is 468 g/mol. The van der Waals surface area contributed by atoms with Crippen molar-refractivity contribution in [3.05, 3.63) is 93.8 Å². The van der Waals surface area contributed by atoms with E-state index in [-0.39, 0.29) is 17.2 Å². The van der Waals surface area contributed by atoms with E-state index in [1.54, 1.807) is 4.57 Å². The van der Waals surface area contributed by atoms with Gasteiger partial charge < -0.3 is 10.3 Å². The van der Waals surface area contributed by atoms with Crippen molar-refractivity contribution in [1.29, 1.82) is 0 Å². The lowest BCUT2D eigenvalue weighted by Gasteiger charge is -2.15. The molecule has 0 aliphatic heterocycles. The number of hydrogen-bond acceptors (Lipinski definition) is 4. The van der Waals surface area contributed by atoms with Gasteiger partial charge in [-0.1, -0.05) is 54.2 Å². The molecule has 5 rings (SSSR count). The fourth-order valence-corrected chi connectivity index (χ4v) is 4.88. The Labute approximate surface area is 201 Å². The van der Waals surface area contributed by atoms with Gasteiger partial charge >= 0.3 is 0 Å². The van der Waals surface area contributed by atoms with Crippen LogP contribution in [0.25, 0.3) is 27.6 Å². The largest absolute Gasteiger partial charge is 0.349 e. The lowest BCUT2D eigenvalue weighted by molar-refractivity contribution is -0.113. The van der Waals surface area contributed by atoms with Crippen LogP contribution in [0.5, 0.6) is 0 Å². The molecule has 0 unspecified atom stereocenters. The first-order valence-electron chi connectivity index (χ1n) is 11.0. The fraction of sp³-hybridized carbons (Fsp3) is 0.148. The third kappa shape index (κ3) is 3.99. The number of rotatable bonds is 5. The topological polar surface area (TPSA) is 79.8 Å². The number of carbonyl (C=O) groups is 1. The van der Waals surface area contributed by atoms with Crippen molar-refractivity contribution in [2.45, 2.75) is 25.9 Å². The average molecular weight is 469 g/mol. The van der Waals surface area contributed by atoms with Crippen molar-refractivity contribution in [2.75, 3.05) is 11.1 Å². The Bertz CT molecular complexity index is 1620. The Morgan fingerprint density at radius 2 is 1.82 bits per heavy atom. The van der Waals surface area contributed by atoms with Gasteiger partial charge in [0, 0.05) is 16.6 Å². The summed E-state index contributed by atoms with van der Waals surface area (Å²) >= 11 is 1.25. The number of anilines is 1. The zero-order valence-corrected chi connectivity index (χ0v) is 20.0. The summed E-state index contributed by atoms with van der Waals surface area (Å²) in [5, 5.41) is 4.29. The van der Waals surface area contributed by atoms with Gasteiger partial charge in [0.1, 0.15) is 11.0 Å². The van der Waals surface area contributed by atoms with Crippen molar-refractivity contribution < 1.29 is 4.79 Å². The SMILES string of the molecule is Cc1cccc(NC(=O)CSc2nc3c([nH]c4ccccc43)c(=O)n2-c2cccc(C)c2C)c1. The molecule has 0 fully saturated rings. The Kier molecular flexibility index (Phi) is 5.71. The Balaban J connectivity index is 1.60. The minimum atomic E-state index is -0.184. The van der Waals surface area contributed by atoms with Gasteiger partial charge in [0.25, 0.3) is 5.56 Å². The number of benzene rings is 3. The van der Waals surface area contributed by atoms with Crippen LogP contribution in [0.1, 0.15) is 16.7 Å². The van der Waals surface area contributed by atoms with Crippen LogP contribution in [-0.2, 0) is 4.79 Å². The molecule has 0 radical (unpaired) electrons. The molecule has 2 N–H and O–H groups in total. The highest BCUT2D eigenvalue weighted by Crippen LogP contribution is 2.28. The number of nitrogens with zero attached hydrogens (tertiary/aromatic N) is 2. The molecule has 6 nitrogen and oxygen atoms in total. The van der Waals surface area contributed by atoms with Crippen molar-refractivity contribution in [2.24, 2.45) is 0 Å². The maximum atomic E-state index is 13.7. The second kappa shape index (κ2) is 8.83. The molecule has 0 saturated heterocycles. The lowest BCUT2D eigenvalue weighted by atomic mass is 10.1. The fourth-order valence-electron chi connectivity index (χ4n) is 4.08. The van der Waals surface area contributed by atoms with Crippen molar-refractivity contribution in [3.63, 3.8) is 0 Å². The average Bonchev–Trinajstić information content (AvgIpc) is 3.19. The van der Waals surface area contributed by atoms with Gasteiger partial charge in [-0.25, -0.2) is 4.98 Å². The Hall–Kier alpha value is -3.84. The van der Waals surface area contributed by atoms with Crippen LogP contribution in [0.4, 0.5) is 5.69 Å². The Morgan fingerprint density at radius 3 is 2.65 bits per heavy atom. The molecule has 170 valence electrons. The predicted octanol–water partition coefficient (Wildman–Crippen LogP) is 5.52. The normalized spacial score (nSPS) is 11.3. The second-order valence-electron chi connectivity index (χ2n) is 8.35. The molecule has 0 aliphatic rings. The standard InChI is InChI=1S/C27H24N4O2S/c1-16-8-6-10-19(14-16)28-23(32)15-34-27-30-24-20-11-4-5-12-21(20)29-25(24)26(33)31(27)22-13-7-9-17(2)18(22)3/h4-14,29H,15H2,1-3H3,(H,28,32). The molecule has 0 bridgehead atoms. The van der Waals surface area contributed by atoms with Gasteiger partial charge in [-0.15, -0.1) is 0 Å². The van der Waals surface area contributed by atoms with Crippen LogP contribution in [0.3, 0.4) is 0 Å². The number of carbonyl (C=O) groups excluding carboxylic acids is 1. The van der Waals surface area contributed by atoms with E-state index in [0.29, 0.717) is 16.2 Å². The number of aromatic amines is 1. The molecule has 34 heavy (non-hydrogen) atoms. The summed E-state index contributed by atoms with van der Waals surface area (Å²) in [6.07, 6.45) is 0. The first-order chi connectivity index (χ1) is 16.4. The molecule has 3 aromatic carbocycles. The summed E-state index contributed by atoms with van der Waals surface area (Å²) in [5.41, 5.74) is 6.39. The van der Waals surface area contributed by atoms with E-state index in [9.17, 15) is 9.59 Å². The number of amides is 1. The number of nitrogens with one attached hydrogen (secondary N) is 2. The molecule has 0 atom stereocenters. The van der Waals surface area contributed by atoms with Crippen LogP contribution in [-0.4, -0.2) is 26.2 Å². The maximum Gasteiger partial charge on any atom is 0.283 e. The first kappa shape index (κ1) is 22.0. The highest BCUT2D eigenvalue weighted by atomic mass is 32.2. The van der Waals surface area contributed by atoms with E-state index >= 15 is 0 Å². The summed E-state index contributed by atoms with van der Waals surface area (Å²) in [6.45, 7) is 5.99. The zero-order chi connectivity index (χ0) is 23.8. The summed E-state index contributed by atoms with van der Waals surface area (Å²) in [5.74, 6) is -0.0320. The molecule has 5 aromatic rings. The molecule has 2 aromatic heterocycles. The first-order valence-corrected chi connectivity index (χ1v) is 12.0. The molecule has 0 spiro atoms. The number of hydrogen-bond donors (Lipinski definition) is 2. The molecular formula is C27H24N4O2S. The van der Waals surface area contributed by atoms with E-state index in [0.717, 1.165) is 39.0 Å². The minimum Gasteiger partial charge on any atom is -0.349 e. The third-order valence-electron chi connectivity index (χ3n) is 5.95. The number of fused-ring (bicyclic) bond motifs is 3. The van der Waals surface area contributed by atoms with E-state index in [1.165, 1.54) is 11.8 Å². The van der Waals surface area contributed by atoms with Crippen molar-refractivity contribution in [1.82, 2.24) is 14.5 Å². The van der Waals surface area contributed by atoms with Crippen molar-refractivity contribution >= 4 is 45.3 Å². The number of aromatic nitrogens is 3. The maximum absolute atomic E-state index is 13.7. The number of aryl methyl sites for hydroxylation is 2. The van der Waals surface area contributed by atoms with Gasteiger partial charge in [-0.05, 0) is 61.7 Å². The van der Waals surface area contributed by atoms with Crippen LogP contribution < -0.4 is 10.9 Å². The molecule has 0 aliphatic carbocycles.